The van der Waals surface area contributed by atoms with Crippen molar-refractivity contribution >= 4 is 17.7 Å². The highest BCUT2D eigenvalue weighted by molar-refractivity contribution is 6.18. The van der Waals surface area contributed by atoms with Crippen molar-refractivity contribution in [3.63, 3.8) is 0 Å². The molecule has 0 saturated heterocycles. The summed E-state index contributed by atoms with van der Waals surface area (Å²) in [7, 11) is 1.60. The maximum atomic E-state index is 14.3. The van der Waals surface area contributed by atoms with Gasteiger partial charge in [-0.1, -0.05) is 74.5 Å². The molecule has 0 spiro atoms. The second-order valence-corrected chi connectivity index (χ2v) is 10.7. The Hall–Kier alpha value is -4.37. The van der Waals surface area contributed by atoms with E-state index in [4.69, 9.17) is 14.7 Å². The first-order chi connectivity index (χ1) is 19.9. The number of rotatable bonds is 8. The van der Waals surface area contributed by atoms with Gasteiger partial charge in [0, 0.05) is 12.7 Å². The highest BCUT2D eigenvalue weighted by Crippen LogP contribution is 2.38. The average molecular weight is 556 g/mol. The van der Waals surface area contributed by atoms with E-state index >= 15 is 0 Å². The molecule has 7 nitrogen and oxygen atoms in total. The molecule has 0 radical (unpaired) electrons. The molecule has 6 rings (SSSR count). The fourth-order valence-electron chi connectivity index (χ4n) is 5.38. The Morgan fingerprint density at radius 3 is 2.34 bits per heavy atom. The molecule has 2 aliphatic rings. The quantitative estimate of drug-likeness (QED) is 0.274. The molecule has 0 unspecified atom stereocenters. The maximum Gasteiger partial charge on any atom is 0.283 e. The summed E-state index contributed by atoms with van der Waals surface area (Å²) in [5.74, 6) is -0.0981. The zero-order chi connectivity index (χ0) is 28.7. The number of benzene rings is 3. The van der Waals surface area contributed by atoms with Gasteiger partial charge in [-0.15, -0.1) is 0 Å². The average Bonchev–Trinajstić information content (AvgIpc) is 3.58. The van der Waals surface area contributed by atoms with Crippen molar-refractivity contribution in [3.8, 4) is 22.5 Å². The summed E-state index contributed by atoms with van der Waals surface area (Å²) in [5.41, 5.74) is 3.79. The van der Waals surface area contributed by atoms with Crippen LogP contribution in [0.1, 0.15) is 29.9 Å². The molecule has 210 valence electrons. The molecule has 3 heterocycles. The van der Waals surface area contributed by atoms with Crippen LogP contribution in [0.25, 0.3) is 22.5 Å². The van der Waals surface area contributed by atoms with E-state index in [-0.39, 0.29) is 24.4 Å². The summed E-state index contributed by atoms with van der Waals surface area (Å²) in [4.78, 5) is 27.4. The number of imidazole rings is 1. The van der Waals surface area contributed by atoms with E-state index in [9.17, 15) is 13.6 Å². The molecule has 1 amide bonds. The fourth-order valence-corrected chi connectivity index (χ4v) is 5.38. The van der Waals surface area contributed by atoms with Gasteiger partial charge in [0.05, 0.1) is 32.3 Å². The first-order valence-electron chi connectivity index (χ1n) is 13.7. The molecule has 0 saturated carbocycles. The summed E-state index contributed by atoms with van der Waals surface area (Å²) in [6.07, 6.45) is 0. The van der Waals surface area contributed by atoms with Gasteiger partial charge in [0.15, 0.2) is 17.3 Å². The van der Waals surface area contributed by atoms with Crippen LogP contribution in [0.4, 0.5) is 14.6 Å². The zero-order valence-corrected chi connectivity index (χ0v) is 23.2. The number of carbonyl (C=O) groups is 1. The summed E-state index contributed by atoms with van der Waals surface area (Å²) < 4.78 is 35.3. The number of anilines is 1. The summed E-state index contributed by atoms with van der Waals surface area (Å²) in [5, 5.41) is 0. The standard InChI is InChI=1S/C32H31F2N5O2/c1-20(2)27-19-39-30-28(31(40)37(15-16-41-3)32(39)35-27)36-29(38(30)18-21-9-14-25(33)26(34)17-21)24-12-10-23(11-13-24)22-7-5-4-6-8-22/h4-14,17,20,27H,15-16,18-19H2,1-3H3/t27-/m0/s1. The van der Waals surface area contributed by atoms with E-state index in [1.807, 2.05) is 64.1 Å². The predicted octanol–water partition coefficient (Wildman–Crippen LogP) is 5.85. The predicted molar refractivity (Wildman–Crippen MR) is 155 cm³/mol. The Kier molecular flexibility index (Phi) is 7.13. The van der Waals surface area contributed by atoms with Crippen molar-refractivity contribution in [2.24, 2.45) is 10.9 Å². The minimum absolute atomic E-state index is 0.0194. The maximum absolute atomic E-state index is 14.3. The van der Waals surface area contributed by atoms with Crippen molar-refractivity contribution in [2.75, 3.05) is 31.7 Å². The van der Waals surface area contributed by atoms with Gasteiger partial charge in [0.25, 0.3) is 5.91 Å². The van der Waals surface area contributed by atoms with Crippen LogP contribution in [0.2, 0.25) is 0 Å². The van der Waals surface area contributed by atoms with Crippen LogP contribution in [-0.2, 0) is 11.3 Å². The highest BCUT2D eigenvalue weighted by Gasteiger charge is 2.44. The Morgan fingerprint density at radius 1 is 0.951 bits per heavy atom. The number of guanidine groups is 1. The summed E-state index contributed by atoms with van der Waals surface area (Å²) >= 11 is 0. The van der Waals surface area contributed by atoms with Gasteiger partial charge < -0.3 is 9.30 Å². The zero-order valence-electron chi connectivity index (χ0n) is 23.2. The van der Waals surface area contributed by atoms with Crippen molar-refractivity contribution in [1.29, 1.82) is 0 Å². The van der Waals surface area contributed by atoms with Crippen molar-refractivity contribution in [3.05, 3.63) is 95.7 Å². The van der Waals surface area contributed by atoms with Gasteiger partial charge in [0.2, 0.25) is 5.96 Å². The molecule has 0 fully saturated rings. The largest absolute Gasteiger partial charge is 0.383 e. The van der Waals surface area contributed by atoms with E-state index in [0.717, 1.165) is 22.8 Å². The van der Waals surface area contributed by atoms with Gasteiger partial charge in [-0.05, 0) is 34.7 Å². The molecule has 3 aromatic carbocycles. The smallest absolute Gasteiger partial charge is 0.283 e. The van der Waals surface area contributed by atoms with Crippen LogP contribution in [0.3, 0.4) is 0 Å². The van der Waals surface area contributed by atoms with Crippen LogP contribution >= 0.6 is 0 Å². The Balaban J connectivity index is 1.50. The van der Waals surface area contributed by atoms with Gasteiger partial charge in [0.1, 0.15) is 11.6 Å². The van der Waals surface area contributed by atoms with Crippen LogP contribution in [0, 0.1) is 17.6 Å². The number of aromatic nitrogens is 2. The summed E-state index contributed by atoms with van der Waals surface area (Å²) in [6.45, 7) is 5.67. The number of nitrogens with zero attached hydrogens (tertiary/aromatic N) is 5. The SMILES string of the molecule is COCCN1C(=O)c2nc(-c3ccc(-c4ccccc4)cc3)n(Cc3ccc(F)c(F)c3)c2N2C[C@@H](C(C)C)N=C12. The Labute approximate surface area is 237 Å². The van der Waals surface area contributed by atoms with E-state index in [2.05, 4.69) is 13.8 Å². The van der Waals surface area contributed by atoms with E-state index in [1.54, 1.807) is 18.1 Å². The number of ether oxygens (including phenoxy) is 1. The number of hydrogen-bond acceptors (Lipinski definition) is 5. The lowest BCUT2D eigenvalue weighted by Crippen LogP contribution is -2.52. The van der Waals surface area contributed by atoms with Gasteiger partial charge >= 0.3 is 0 Å². The third kappa shape index (κ3) is 4.91. The highest BCUT2D eigenvalue weighted by atomic mass is 19.2. The molecule has 1 aromatic heterocycles. The molecule has 9 heteroatoms. The van der Waals surface area contributed by atoms with Crippen LogP contribution in [0.15, 0.2) is 77.8 Å². The lowest BCUT2D eigenvalue weighted by atomic mass is 10.0. The molecule has 1 atom stereocenters. The third-order valence-corrected chi connectivity index (χ3v) is 7.64. The molecule has 41 heavy (non-hydrogen) atoms. The van der Waals surface area contributed by atoms with Crippen LogP contribution < -0.4 is 4.90 Å². The molecule has 0 aliphatic carbocycles. The number of halogens is 2. The molecule has 4 aromatic rings. The van der Waals surface area contributed by atoms with Crippen LogP contribution in [-0.4, -0.2) is 59.2 Å². The Morgan fingerprint density at radius 2 is 1.66 bits per heavy atom. The number of amides is 1. The molecule has 0 N–H and O–H groups in total. The van der Waals surface area contributed by atoms with Crippen LogP contribution in [0.5, 0.6) is 0 Å². The molecular weight excluding hydrogens is 524 g/mol. The lowest BCUT2D eigenvalue weighted by Gasteiger charge is -2.34. The lowest BCUT2D eigenvalue weighted by molar-refractivity contribution is 0.0795. The van der Waals surface area contributed by atoms with Crippen molar-refractivity contribution in [2.45, 2.75) is 26.4 Å². The number of carbonyl (C=O) groups excluding carboxylic acids is 1. The summed E-state index contributed by atoms with van der Waals surface area (Å²) in [6, 6.07) is 21.9. The number of methoxy groups -OCH3 is 1. The second-order valence-electron chi connectivity index (χ2n) is 10.7. The first kappa shape index (κ1) is 26.8. The topological polar surface area (TPSA) is 63.0 Å². The van der Waals surface area contributed by atoms with Gasteiger partial charge in [-0.2, -0.15) is 0 Å². The van der Waals surface area contributed by atoms with Crippen molar-refractivity contribution in [1.82, 2.24) is 14.5 Å². The number of fused-ring (bicyclic) bond motifs is 3. The third-order valence-electron chi connectivity index (χ3n) is 7.64. The van der Waals surface area contributed by atoms with E-state index in [0.29, 0.717) is 48.6 Å². The molecule has 2 aliphatic heterocycles. The monoisotopic (exact) mass is 555 g/mol. The number of hydrogen-bond donors (Lipinski definition) is 0. The Bertz CT molecular complexity index is 1620. The van der Waals surface area contributed by atoms with Gasteiger partial charge in [-0.3, -0.25) is 14.6 Å². The van der Waals surface area contributed by atoms with E-state index < -0.39 is 11.6 Å². The molecule has 0 bridgehead atoms. The minimum Gasteiger partial charge on any atom is -0.383 e. The normalized spacial score (nSPS) is 16.3. The molecular formula is C32H31F2N5O2. The second kappa shape index (κ2) is 10.9. The minimum atomic E-state index is -0.921. The fraction of sp³-hybridized carbons (Fsp3) is 0.281. The van der Waals surface area contributed by atoms with E-state index in [1.165, 1.54) is 6.07 Å². The van der Waals surface area contributed by atoms with Crippen molar-refractivity contribution < 1.29 is 18.3 Å². The number of aliphatic imine (C=N–C) groups is 1. The first-order valence-corrected chi connectivity index (χ1v) is 13.7. The van der Waals surface area contributed by atoms with Gasteiger partial charge in [-0.25, -0.2) is 18.8 Å².